The van der Waals surface area contributed by atoms with Crippen LogP contribution in [0.2, 0.25) is 0 Å². The second-order valence-electron chi connectivity index (χ2n) is 6.04. The Morgan fingerprint density at radius 2 is 1.68 bits per heavy atom. The summed E-state index contributed by atoms with van der Waals surface area (Å²) < 4.78 is 10.7. The van der Waals surface area contributed by atoms with Crippen LogP contribution in [0.5, 0.6) is 17.2 Å². The Kier molecular flexibility index (Phi) is 6.17. The number of phenols is 1. The third kappa shape index (κ3) is 5.08. The van der Waals surface area contributed by atoms with Gasteiger partial charge in [0.15, 0.2) is 5.78 Å². The molecule has 25 heavy (non-hydrogen) atoms. The van der Waals surface area contributed by atoms with Crippen molar-refractivity contribution in [3.63, 3.8) is 0 Å². The summed E-state index contributed by atoms with van der Waals surface area (Å²) in [6.07, 6.45) is -0.211. The Morgan fingerprint density at radius 3 is 2.24 bits per heavy atom. The second-order valence-corrected chi connectivity index (χ2v) is 6.04. The van der Waals surface area contributed by atoms with Crippen LogP contribution in [0.15, 0.2) is 42.5 Å². The van der Waals surface area contributed by atoms with E-state index < -0.39 is 5.78 Å². The molecule has 0 aliphatic carbocycles. The molecule has 0 unspecified atom stereocenters. The number of phenolic OH excluding ortho intramolecular Hbond substituents is 1. The molecule has 0 aliphatic heterocycles. The number of hydrogen-bond acceptors (Lipinski definition) is 5. The lowest BCUT2D eigenvalue weighted by Gasteiger charge is -2.10. The molecule has 1 N–H and O–H groups in total. The van der Waals surface area contributed by atoms with Gasteiger partial charge in [0, 0.05) is 12.0 Å². The van der Waals surface area contributed by atoms with Crippen molar-refractivity contribution < 1.29 is 24.2 Å². The van der Waals surface area contributed by atoms with Crippen molar-refractivity contribution in [3.8, 4) is 17.2 Å². The maximum Gasteiger partial charge on any atom is 0.173 e. The molecule has 0 saturated carbocycles. The molecule has 0 aromatic heterocycles. The van der Waals surface area contributed by atoms with Crippen LogP contribution in [0.3, 0.4) is 0 Å². The first-order valence-corrected chi connectivity index (χ1v) is 8.05. The quantitative estimate of drug-likeness (QED) is 0.584. The summed E-state index contributed by atoms with van der Waals surface area (Å²) in [7, 11) is 1.60. The number of ether oxygens (including phenoxy) is 2. The van der Waals surface area contributed by atoms with Crippen molar-refractivity contribution in [2.45, 2.75) is 26.9 Å². The van der Waals surface area contributed by atoms with Crippen LogP contribution < -0.4 is 9.47 Å². The van der Waals surface area contributed by atoms with Crippen molar-refractivity contribution in [1.29, 1.82) is 0 Å². The highest BCUT2D eigenvalue weighted by atomic mass is 16.5. The van der Waals surface area contributed by atoms with Gasteiger partial charge < -0.3 is 14.6 Å². The minimum absolute atomic E-state index is 0.130. The molecular weight excluding hydrogens is 320 g/mol. The topological polar surface area (TPSA) is 72.8 Å². The normalized spacial score (nSPS) is 10.6. The molecule has 0 heterocycles. The van der Waals surface area contributed by atoms with Gasteiger partial charge in [0.05, 0.1) is 19.1 Å². The summed E-state index contributed by atoms with van der Waals surface area (Å²) in [5.41, 5.74) is 1.08. The lowest BCUT2D eigenvalue weighted by atomic mass is 9.99. The van der Waals surface area contributed by atoms with Gasteiger partial charge in [0.25, 0.3) is 0 Å². The van der Waals surface area contributed by atoms with Crippen LogP contribution >= 0.6 is 0 Å². The number of benzene rings is 2. The van der Waals surface area contributed by atoms with Gasteiger partial charge in [0.1, 0.15) is 29.6 Å². The molecule has 2 aromatic rings. The number of aromatic hydroxyl groups is 1. The molecule has 5 heteroatoms. The minimum Gasteiger partial charge on any atom is -0.507 e. The standard InChI is InChI=1S/C20H22O5/c1-13(2)18(21)11-20(23)17-9-8-16(10-19(17)22)25-12-14-4-6-15(24-3)7-5-14/h4-10,13,22H,11-12H2,1-3H3. The average Bonchev–Trinajstić information content (AvgIpc) is 2.60. The fourth-order valence-electron chi connectivity index (χ4n) is 2.18. The van der Waals surface area contributed by atoms with E-state index in [2.05, 4.69) is 0 Å². The predicted octanol–water partition coefficient (Wildman–Crippen LogP) is 3.78. The summed E-state index contributed by atoms with van der Waals surface area (Å²) in [4.78, 5) is 23.8. The Morgan fingerprint density at radius 1 is 1.04 bits per heavy atom. The molecule has 0 spiro atoms. The molecule has 0 saturated heterocycles. The third-order valence-electron chi connectivity index (χ3n) is 3.81. The molecule has 2 aromatic carbocycles. The zero-order valence-corrected chi connectivity index (χ0v) is 14.6. The molecule has 2 rings (SSSR count). The average molecular weight is 342 g/mol. The molecule has 5 nitrogen and oxygen atoms in total. The Balaban J connectivity index is 2.00. The van der Waals surface area contributed by atoms with Crippen LogP contribution in [-0.2, 0) is 11.4 Å². The number of rotatable bonds is 8. The number of Topliss-reactive ketones (excluding diaryl/α,β-unsaturated/α-hetero) is 2. The van der Waals surface area contributed by atoms with Gasteiger partial charge in [0.2, 0.25) is 0 Å². The fourth-order valence-corrected chi connectivity index (χ4v) is 2.18. The second kappa shape index (κ2) is 8.33. The van der Waals surface area contributed by atoms with E-state index in [9.17, 15) is 14.7 Å². The zero-order chi connectivity index (χ0) is 18.4. The van der Waals surface area contributed by atoms with E-state index in [4.69, 9.17) is 9.47 Å². The van der Waals surface area contributed by atoms with E-state index in [0.717, 1.165) is 11.3 Å². The van der Waals surface area contributed by atoms with Gasteiger partial charge in [-0.05, 0) is 29.8 Å². The minimum atomic E-state index is -0.391. The maximum absolute atomic E-state index is 12.1. The van der Waals surface area contributed by atoms with Crippen molar-refractivity contribution in [2.24, 2.45) is 5.92 Å². The van der Waals surface area contributed by atoms with E-state index in [0.29, 0.717) is 12.4 Å². The molecular formula is C20H22O5. The maximum atomic E-state index is 12.1. The SMILES string of the molecule is COc1ccc(COc2ccc(C(=O)CC(=O)C(C)C)c(O)c2)cc1. The molecule has 0 radical (unpaired) electrons. The van der Waals surface area contributed by atoms with Gasteiger partial charge in [-0.3, -0.25) is 9.59 Å². The van der Waals surface area contributed by atoms with Gasteiger partial charge in [-0.25, -0.2) is 0 Å². The van der Waals surface area contributed by atoms with E-state index in [1.807, 2.05) is 24.3 Å². The smallest absolute Gasteiger partial charge is 0.173 e. The van der Waals surface area contributed by atoms with Gasteiger partial charge in [-0.15, -0.1) is 0 Å². The van der Waals surface area contributed by atoms with Crippen LogP contribution in [-0.4, -0.2) is 23.8 Å². The molecule has 0 amide bonds. The fraction of sp³-hybridized carbons (Fsp3) is 0.300. The number of ketones is 2. The van der Waals surface area contributed by atoms with Crippen molar-refractivity contribution >= 4 is 11.6 Å². The number of hydrogen-bond donors (Lipinski definition) is 1. The third-order valence-corrected chi connectivity index (χ3v) is 3.81. The Hall–Kier alpha value is -2.82. The van der Waals surface area contributed by atoms with Crippen molar-refractivity contribution in [1.82, 2.24) is 0 Å². The van der Waals surface area contributed by atoms with E-state index in [1.165, 1.54) is 12.1 Å². The van der Waals surface area contributed by atoms with E-state index >= 15 is 0 Å². The lowest BCUT2D eigenvalue weighted by molar-refractivity contribution is -0.121. The Bertz CT molecular complexity index is 747. The number of methoxy groups -OCH3 is 1. The van der Waals surface area contributed by atoms with Crippen LogP contribution in [0.4, 0.5) is 0 Å². The van der Waals surface area contributed by atoms with Gasteiger partial charge in [-0.2, -0.15) is 0 Å². The van der Waals surface area contributed by atoms with Crippen LogP contribution in [0.1, 0.15) is 36.2 Å². The highest BCUT2D eigenvalue weighted by Crippen LogP contribution is 2.26. The van der Waals surface area contributed by atoms with Crippen molar-refractivity contribution in [3.05, 3.63) is 53.6 Å². The van der Waals surface area contributed by atoms with Gasteiger partial charge >= 0.3 is 0 Å². The molecule has 0 fully saturated rings. The highest BCUT2D eigenvalue weighted by Gasteiger charge is 2.17. The van der Waals surface area contributed by atoms with E-state index in [-0.39, 0.29) is 29.4 Å². The van der Waals surface area contributed by atoms with Crippen LogP contribution in [0, 0.1) is 5.92 Å². The first-order chi connectivity index (χ1) is 11.9. The number of carbonyl (C=O) groups excluding carboxylic acids is 2. The summed E-state index contributed by atoms with van der Waals surface area (Å²) in [5.74, 6) is 0.273. The highest BCUT2D eigenvalue weighted by molar-refractivity contribution is 6.09. The summed E-state index contributed by atoms with van der Waals surface area (Å²) in [6, 6.07) is 11.9. The predicted molar refractivity (Wildman–Crippen MR) is 94.2 cm³/mol. The van der Waals surface area contributed by atoms with E-state index in [1.54, 1.807) is 27.0 Å². The van der Waals surface area contributed by atoms with Crippen LogP contribution in [0.25, 0.3) is 0 Å². The molecule has 0 atom stereocenters. The van der Waals surface area contributed by atoms with Gasteiger partial charge in [-0.1, -0.05) is 26.0 Å². The first-order valence-electron chi connectivity index (χ1n) is 8.05. The molecule has 0 aliphatic rings. The monoisotopic (exact) mass is 342 g/mol. The van der Waals surface area contributed by atoms with Crippen molar-refractivity contribution in [2.75, 3.05) is 7.11 Å². The number of carbonyl (C=O) groups is 2. The summed E-state index contributed by atoms with van der Waals surface area (Å²) >= 11 is 0. The Labute approximate surface area is 147 Å². The first kappa shape index (κ1) is 18.5. The molecule has 0 bridgehead atoms. The summed E-state index contributed by atoms with van der Waals surface area (Å²) in [5, 5.41) is 10.1. The largest absolute Gasteiger partial charge is 0.507 e. The lowest BCUT2D eigenvalue weighted by Crippen LogP contribution is -2.13. The summed E-state index contributed by atoms with van der Waals surface area (Å²) in [6.45, 7) is 3.81. The molecule has 132 valence electrons. The zero-order valence-electron chi connectivity index (χ0n) is 14.6.